The van der Waals surface area contributed by atoms with Gasteiger partial charge in [0.25, 0.3) is 0 Å². The van der Waals surface area contributed by atoms with Gasteiger partial charge in [-0.1, -0.05) is 60.7 Å². The molecule has 1 saturated carbocycles. The van der Waals surface area contributed by atoms with Crippen molar-refractivity contribution in [2.45, 2.75) is 18.9 Å². The van der Waals surface area contributed by atoms with E-state index < -0.39 is 0 Å². The Hall–Kier alpha value is -1.60. The van der Waals surface area contributed by atoms with E-state index in [1.807, 2.05) is 6.07 Å². The molecule has 1 nitrogen and oxygen atoms in total. The topological polar surface area (TPSA) is 9.23 Å². The van der Waals surface area contributed by atoms with Crippen LogP contribution in [-0.2, 0) is 11.3 Å². The Labute approximate surface area is 108 Å². The first-order valence-electron chi connectivity index (χ1n) is 6.60. The lowest BCUT2D eigenvalue weighted by molar-refractivity contribution is 0.110. The van der Waals surface area contributed by atoms with E-state index in [2.05, 4.69) is 54.6 Å². The maximum Gasteiger partial charge on any atom is 0.0717 e. The number of rotatable bonds is 5. The molecule has 18 heavy (non-hydrogen) atoms. The number of hydrogen-bond acceptors (Lipinski definition) is 1. The molecule has 0 unspecified atom stereocenters. The molecule has 0 spiro atoms. The molecule has 0 aromatic heterocycles. The number of ether oxygens (including phenoxy) is 1. The van der Waals surface area contributed by atoms with Gasteiger partial charge < -0.3 is 4.74 Å². The lowest BCUT2D eigenvalue weighted by Gasteiger charge is -2.04. The summed E-state index contributed by atoms with van der Waals surface area (Å²) in [7, 11) is 0. The van der Waals surface area contributed by atoms with Crippen LogP contribution >= 0.6 is 0 Å². The Morgan fingerprint density at radius 3 is 2.28 bits per heavy atom. The van der Waals surface area contributed by atoms with Crippen LogP contribution in [0.3, 0.4) is 0 Å². The van der Waals surface area contributed by atoms with Gasteiger partial charge in [0.15, 0.2) is 0 Å². The molecule has 2 atom stereocenters. The molecule has 0 amide bonds. The van der Waals surface area contributed by atoms with Crippen LogP contribution in [0.2, 0.25) is 0 Å². The molecular formula is C17H18O. The first-order chi connectivity index (χ1) is 8.93. The van der Waals surface area contributed by atoms with Crippen molar-refractivity contribution in [1.82, 2.24) is 0 Å². The van der Waals surface area contributed by atoms with Gasteiger partial charge in [0.05, 0.1) is 13.2 Å². The summed E-state index contributed by atoms with van der Waals surface area (Å²) < 4.78 is 5.80. The van der Waals surface area contributed by atoms with Crippen molar-refractivity contribution in [1.29, 1.82) is 0 Å². The van der Waals surface area contributed by atoms with E-state index in [0.29, 0.717) is 0 Å². The quantitative estimate of drug-likeness (QED) is 0.764. The van der Waals surface area contributed by atoms with Crippen LogP contribution in [0.15, 0.2) is 60.7 Å². The second-order valence-corrected chi connectivity index (χ2v) is 5.01. The summed E-state index contributed by atoms with van der Waals surface area (Å²) in [5, 5.41) is 0. The molecular weight excluding hydrogens is 220 g/mol. The highest BCUT2D eigenvalue weighted by Crippen LogP contribution is 2.47. The Balaban J connectivity index is 1.44. The van der Waals surface area contributed by atoms with Crippen LogP contribution in [0.5, 0.6) is 0 Å². The van der Waals surface area contributed by atoms with Gasteiger partial charge in [-0.25, -0.2) is 0 Å². The zero-order chi connectivity index (χ0) is 12.2. The third kappa shape index (κ3) is 2.80. The van der Waals surface area contributed by atoms with Crippen molar-refractivity contribution in [3.05, 3.63) is 71.8 Å². The maximum atomic E-state index is 5.80. The largest absolute Gasteiger partial charge is 0.376 e. The maximum absolute atomic E-state index is 5.80. The number of hydrogen-bond donors (Lipinski definition) is 0. The van der Waals surface area contributed by atoms with Gasteiger partial charge >= 0.3 is 0 Å². The normalized spacial score (nSPS) is 21.8. The van der Waals surface area contributed by atoms with E-state index in [1.165, 1.54) is 17.5 Å². The molecule has 2 aromatic carbocycles. The summed E-state index contributed by atoms with van der Waals surface area (Å²) in [6.45, 7) is 1.62. The molecule has 3 rings (SSSR count). The molecule has 0 saturated heterocycles. The van der Waals surface area contributed by atoms with Gasteiger partial charge in [0.2, 0.25) is 0 Å². The van der Waals surface area contributed by atoms with Crippen molar-refractivity contribution in [2.24, 2.45) is 5.92 Å². The molecule has 1 heteroatoms. The van der Waals surface area contributed by atoms with Gasteiger partial charge in [-0.15, -0.1) is 0 Å². The Morgan fingerprint density at radius 1 is 0.889 bits per heavy atom. The molecule has 0 bridgehead atoms. The van der Waals surface area contributed by atoms with Crippen LogP contribution in [0.1, 0.15) is 23.5 Å². The predicted octanol–water partition coefficient (Wildman–Crippen LogP) is 4.01. The van der Waals surface area contributed by atoms with Gasteiger partial charge in [0.1, 0.15) is 0 Å². The molecule has 2 aromatic rings. The minimum Gasteiger partial charge on any atom is -0.376 e. The van der Waals surface area contributed by atoms with Crippen LogP contribution in [0.25, 0.3) is 0 Å². The zero-order valence-electron chi connectivity index (χ0n) is 10.5. The second kappa shape index (κ2) is 5.36. The van der Waals surface area contributed by atoms with Crippen LogP contribution in [0, 0.1) is 5.92 Å². The number of benzene rings is 2. The fourth-order valence-electron chi connectivity index (χ4n) is 2.44. The zero-order valence-corrected chi connectivity index (χ0v) is 10.5. The predicted molar refractivity (Wildman–Crippen MR) is 73.4 cm³/mol. The molecule has 1 fully saturated rings. The molecule has 0 radical (unpaired) electrons. The van der Waals surface area contributed by atoms with E-state index in [4.69, 9.17) is 4.74 Å². The average molecular weight is 238 g/mol. The van der Waals surface area contributed by atoms with Crippen molar-refractivity contribution >= 4 is 0 Å². The smallest absolute Gasteiger partial charge is 0.0717 e. The molecule has 0 aliphatic heterocycles. The highest BCUT2D eigenvalue weighted by atomic mass is 16.5. The summed E-state index contributed by atoms with van der Waals surface area (Å²) >= 11 is 0. The summed E-state index contributed by atoms with van der Waals surface area (Å²) in [6, 6.07) is 21.1. The van der Waals surface area contributed by atoms with Crippen LogP contribution < -0.4 is 0 Å². The Kier molecular flexibility index (Phi) is 3.42. The minimum atomic E-state index is 0.719. The van der Waals surface area contributed by atoms with Gasteiger partial charge in [0, 0.05) is 0 Å². The van der Waals surface area contributed by atoms with Crippen LogP contribution in [-0.4, -0.2) is 6.61 Å². The molecule has 92 valence electrons. The monoisotopic (exact) mass is 238 g/mol. The summed E-state index contributed by atoms with van der Waals surface area (Å²) in [6.07, 6.45) is 1.28. The third-order valence-corrected chi connectivity index (χ3v) is 3.59. The average Bonchev–Trinajstić information content (AvgIpc) is 3.21. The van der Waals surface area contributed by atoms with E-state index in [0.717, 1.165) is 25.0 Å². The fourth-order valence-corrected chi connectivity index (χ4v) is 2.44. The highest BCUT2D eigenvalue weighted by Gasteiger charge is 2.37. The van der Waals surface area contributed by atoms with E-state index in [-0.39, 0.29) is 0 Å². The van der Waals surface area contributed by atoms with Crippen LogP contribution in [0.4, 0.5) is 0 Å². The van der Waals surface area contributed by atoms with E-state index in [1.54, 1.807) is 0 Å². The second-order valence-electron chi connectivity index (χ2n) is 5.01. The third-order valence-electron chi connectivity index (χ3n) is 3.59. The van der Waals surface area contributed by atoms with Gasteiger partial charge in [-0.05, 0) is 29.4 Å². The first kappa shape index (κ1) is 11.5. The van der Waals surface area contributed by atoms with E-state index in [9.17, 15) is 0 Å². The molecule has 0 N–H and O–H groups in total. The molecule has 1 aliphatic rings. The molecule has 1 aliphatic carbocycles. The molecule has 0 heterocycles. The van der Waals surface area contributed by atoms with Crippen molar-refractivity contribution in [3.8, 4) is 0 Å². The standard InChI is InChI=1S/C17H18O/c1-3-7-14(8-4-1)12-18-13-16-11-17(16)15-9-5-2-6-10-15/h1-10,16-17H,11-13H2/t16-,17-/m1/s1. The van der Waals surface area contributed by atoms with Crippen molar-refractivity contribution in [3.63, 3.8) is 0 Å². The van der Waals surface area contributed by atoms with Crippen molar-refractivity contribution in [2.75, 3.05) is 6.61 Å². The lowest BCUT2D eigenvalue weighted by atomic mass is 10.1. The summed E-state index contributed by atoms with van der Waals surface area (Å²) in [5.41, 5.74) is 2.72. The summed E-state index contributed by atoms with van der Waals surface area (Å²) in [5.74, 6) is 1.44. The van der Waals surface area contributed by atoms with E-state index >= 15 is 0 Å². The van der Waals surface area contributed by atoms with Gasteiger partial charge in [-0.3, -0.25) is 0 Å². The van der Waals surface area contributed by atoms with Gasteiger partial charge in [-0.2, -0.15) is 0 Å². The lowest BCUT2D eigenvalue weighted by Crippen LogP contribution is -1.98. The highest BCUT2D eigenvalue weighted by molar-refractivity contribution is 5.25. The Bertz CT molecular complexity index is 477. The summed E-state index contributed by atoms with van der Waals surface area (Å²) in [4.78, 5) is 0. The fraction of sp³-hybridized carbons (Fsp3) is 0.294. The minimum absolute atomic E-state index is 0.719. The Morgan fingerprint density at radius 2 is 1.56 bits per heavy atom. The SMILES string of the molecule is c1ccc(COC[C@H]2C[C@@H]2c2ccccc2)cc1. The van der Waals surface area contributed by atoms with Crippen molar-refractivity contribution < 1.29 is 4.74 Å². The first-order valence-corrected chi connectivity index (χ1v) is 6.60.